The molecule has 4 heteroatoms. The zero-order chi connectivity index (χ0) is 16.5. The SMILES string of the molecule is Cc1ccc(-c2nc(C(=O)N3CCC[C@@H]4CCCC[C@H]43)cs2)cc1. The summed E-state index contributed by atoms with van der Waals surface area (Å²) in [6, 6.07) is 8.80. The normalized spacial score (nSPS) is 23.8. The van der Waals surface area contributed by atoms with Crippen molar-refractivity contribution in [2.75, 3.05) is 6.54 Å². The minimum Gasteiger partial charge on any atom is -0.334 e. The average molecular weight is 340 g/mol. The summed E-state index contributed by atoms with van der Waals surface area (Å²) in [6.07, 6.45) is 7.49. The number of carbonyl (C=O) groups excluding carboxylic acids is 1. The number of amides is 1. The number of nitrogens with zero attached hydrogens (tertiary/aromatic N) is 2. The van der Waals surface area contributed by atoms with E-state index in [4.69, 9.17) is 0 Å². The number of benzene rings is 1. The summed E-state index contributed by atoms with van der Waals surface area (Å²) in [4.78, 5) is 19.8. The molecule has 24 heavy (non-hydrogen) atoms. The van der Waals surface area contributed by atoms with E-state index in [1.54, 1.807) is 11.3 Å². The van der Waals surface area contributed by atoms with Crippen LogP contribution in [-0.2, 0) is 0 Å². The molecule has 4 rings (SSSR count). The Morgan fingerprint density at radius 3 is 2.71 bits per heavy atom. The molecule has 1 amide bonds. The first-order chi connectivity index (χ1) is 11.7. The van der Waals surface area contributed by atoms with Gasteiger partial charge in [-0.1, -0.05) is 42.7 Å². The molecule has 2 atom stereocenters. The summed E-state index contributed by atoms with van der Waals surface area (Å²) in [5.74, 6) is 0.855. The Morgan fingerprint density at radius 1 is 1.12 bits per heavy atom. The van der Waals surface area contributed by atoms with Crippen molar-refractivity contribution in [2.45, 2.75) is 51.5 Å². The maximum Gasteiger partial charge on any atom is 0.273 e. The predicted molar refractivity (Wildman–Crippen MR) is 98.3 cm³/mol. The molecule has 0 radical (unpaired) electrons. The summed E-state index contributed by atoms with van der Waals surface area (Å²) < 4.78 is 0. The van der Waals surface area contributed by atoms with Crippen LogP contribution in [0.3, 0.4) is 0 Å². The lowest BCUT2D eigenvalue weighted by Gasteiger charge is -2.43. The van der Waals surface area contributed by atoms with Crippen LogP contribution >= 0.6 is 11.3 Å². The topological polar surface area (TPSA) is 33.2 Å². The van der Waals surface area contributed by atoms with Gasteiger partial charge in [-0.25, -0.2) is 4.98 Å². The van der Waals surface area contributed by atoms with Crippen molar-refractivity contribution in [1.82, 2.24) is 9.88 Å². The van der Waals surface area contributed by atoms with Crippen LogP contribution in [0.15, 0.2) is 29.6 Å². The van der Waals surface area contributed by atoms with Gasteiger partial charge in [0.05, 0.1) is 0 Å². The van der Waals surface area contributed by atoms with E-state index >= 15 is 0 Å². The van der Waals surface area contributed by atoms with Crippen molar-refractivity contribution in [3.05, 3.63) is 40.9 Å². The third-order valence-corrected chi connectivity index (χ3v) is 6.42. The van der Waals surface area contributed by atoms with E-state index in [2.05, 4.69) is 41.1 Å². The first-order valence-corrected chi connectivity index (χ1v) is 9.94. The molecule has 1 saturated carbocycles. The molecule has 126 valence electrons. The second-order valence-corrected chi connectivity index (χ2v) is 8.01. The maximum absolute atomic E-state index is 13.0. The van der Waals surface area contributed by atoms with Crippen LogP contribution in [0.5, 0.6) is 0 Å². The molecule has 0 bridgehead atoms. The number of fused-ring (bicyclic) bond motifs is 1. The third kappa shape index (κ3) is 3.00. The molecule has 3 nitrogen and oxygen atoms in total. The van der Waals surface area contributed by atoms with E-state index in [0.29, 0.717) is 17.7 Å². The largest absolute Gasteiger partial charge is 0.334 e. The first-order valence-electron chi connectivity index (χ1n) is 9.06. The number of aryl methyl sites for hydroxylation is 1. The Bertz CT molecular complexity index is 719. The Hall–Kier alpha value is -1.68. The first kappa shape index (κ1) is 15.8. The van der Waals surface area contributed by atoms with Crippen LogP contribution in [0.25, 0.3) is 10.6 Å². The zero-order valence-electron chi connectivity index (χ0n) is 14.2. The average Bonchev–Trinajstić information content (AvgIpc) is 3.11. The maximum atomic E-state index is 13.0. The highest BCUT2D eigenvalue weighted by Gasteiger charge is 2.36. The molecule has 1 aliphatic carbocycles. The molecule has 2 fully saturated rings. The summed E-state index contributed by atoms with van der Waals surface area (Å²) in [7, 11) is 0. The number of piperidine rings is 1. The number of likely N-dealkylation sites (tertiary alicyclic amines) is 1. The second kappa shape index (κ2) is 6.67. The van der Waals surface area contributed by atoms with E-state index in [9.17, 15) is 4.79 Å². The fraction of sp³-hybridized carbons (Fsp3) is 0.500. The van der Waals surface area contributed by atoms with Crippen molar-refractivity contribution in [1.29, 1.82) is 0 Å². The van der Waals surface area contributed by atoms with Crippen molar-refractivity contribution in [2.24, 2.45) is 5.92 Å². The number of thiazole rings is 1. The van der Waals surface area contributed by atoms with Gasteiger partial charge in [-0.15, -0.1) is 11.3 Å². The van der Waals surface area contributed by atoms with Gasteiger partial charge in [0.2, 0.25) is 0 Å². The van der Waals surface area contributed by atoms with Gasteiger partial charge in [0.1, 0.15) is 10.7 Å². The van der Waals surface area contributed by atoms with Crippen LogP contribution < -0.4 is 0 Å². The van der Waals surface area contributed by atoms with Gasteiger partial charge in [0.15, 0.2) is 0 Å². The number of rotatable bonds is 2. The van der Waals surface area contributed by atoms with E-state index in [1.165, 1.54) is 37.7 Å². The van der Waals surface area contributed by atoms with E-state index in [0.717, 1.165) is 23.5 Å². The van der Waals surface area contributed by atoms with Gasteiger partial charge < -0.3 is 4.90 Å². The highest BCUT2D eigenvalue weighted by atomic mass is 32.1. The molecule has 2 aliphatic rings. The Kier molecular flexibility index (Phi) is 4.40. The summed E-state index contributed by atoms with van der Waals surface area (Å²) in [5, 5.41) is 2.87. The van der Waals surface area contributed by atoms with Crippen LogP contribution in [-0.4, -0.2) is 28.4 Å². The number of hydrogen-bond acceptors (Lipinski definition) is 3. The molecule has 1 aromatic heterocycles. The monoisotopic (exact) mass is 340 g/mol. The molecule has 0 N–H and O–H groups in total. The lowest BCUT2D eigenvalue weighted by molar-refractivity contribution is 0.0386. The molecule has 1 aromatic carbocycles. The molecule has 2 heterocycles. The number of aromatic nitrogens is 1. The Labute approximate surface area is 147 Å². The van der Waals surface area contributed by atoms with Gasteiger partial charge in [0.25, 0.3) is 5.91 Å². The van der Waals surface area contributed by atoms with Crippen molar-refractivity contribution in [3.63, 3.8) is 0 Å². The summed E-state index contributed by atoms with van der Waals surface area (Å²) in [6.45, 7) is 2.98. The molecule has 0 spiro atoms. The van der Waals surface area contributed by atoms with Crippen molar-refractivity contribution >= 4 is 17.2 Å². The summed E-state index contributed by atoms with van der Waals surface area (Å²) >= 11 is 1.57. The smallest absolute Gasteiger partial charge is 0.273 e. The highest BCUT2D eigenvalue weighted by molar-refractivity contribution is 7.13. The fourth-order valence-corrected chi connectivity index (χ4v) is 5.02. The van der Waals surface area contributed by atoms with Gasteiger partial charge in [-0.05, 0) is 38.5 Å². The lowest BCUT2D eigenvalue weighted by atomic mass is 9.78. The quantitative estimate of drug-likeness (QED) is 0.778. The molecule has 2 aromatic rings. The zero-order valence-corrected chi connectivity index (χ0v) is 15.0. The van der Waals surface area contributed by atoms with Crippen LogP contribution in [0, 0.1) is 12.8 Å². The molecular weight excluding hydrogens is 316 g/mol. The van der Waals surface area contributed by atoms with Crippen LogP contribution in [0.2, 0.25) is 0 Å². The minimum absolute atomic E-state index is 0.140. The minimum atomic E-state index is 0.140. The van der Waals surface area contributed by atoms with Gasteiger partial charge >= 0.3 is 0 Å². The number of carbonyl (C=O) groups is 1. The van der Waals surface area contributed by atoms with Gasteiger partial charge in [-0.2, -0.15) is 0 Å². The fourth-order valence-electron chi connectivity index (χ4n) is 4.22. The van der Waals surface area contributed by atoms with Crippen molar-refractivity contribution in [3.8, 4) is 10.6 Å². The van der Waals surface area contributed by atoms with E-state index in [1.807, 2.05) is 5.38 Å². The van der Waals surface area contributed by atoms with E-state index < -0.39 is 0 Å². The Balaban J connectivity index is 1.55. The molecule has 0 unspecified atom stereocenters. The van der Waals surface area contributed by atoms with Crippen LogP contribution in [0.4, 0.5) is 0 Å². The molecule has 1 aliphatic heterocycles. The predicted octanol–water partition coefficient (Wildman–Crippen LogP) is 4.91. The second-order valence-electron chi connectivity index (χ2n) is 7.16. The van der Waals surface area contributed by atoms with Gasteiger partial charge in [0, 0.05) is 23.5 Å². The standard InChI is InChI=1S/C20H24N2OS/c1-14-8-10-16(11-9-14)19-21-17(13-24-19)20(23)22-12-4-6-15-5-2-3-7-18(15)22/h8-11,13,15,18H,2-7,12H2,1H3/t15-,18+/m0/s1. The lowest BCUT2D eigenvalue weighted by Crippen LogP contribution is -2.49. The van der Waals surface area contributed by atoms with E-state index in [-0.39, 0.29) is 5.91 Å². The summed E-state index contributed by atoms with van der Waals surface area (Å²) in [5.41, 5.74) is 2.96. The highest BCUT2D eigenvalue weighted by Crippen LogP contribution is 2.36. The van der Waals surface area contributed by atoms with Crippen LogP contribution in [0.1, 0.15) is 54.6 Å². The number of hydrogen-bond donors (Lipinski definition) is 0. The van der Waals surface area contributed by atoms with Gasteiger partial charge in [-0.3, -0.25) is 4.79 Å². The third-order valence-electron chi connectivity index (χ3n) is 5.53. The van der Waals surface area contributed by atoms with Crippen molar-refractivity contribution < 1.29 is 4.79 Å². The molecular formula is C20H24N2OS. The Morgan fingerprint density at radius 2 is 1.88 bits per heavy atom. The molecule has 1 saturated heterocycles.